The molecule has 2 unspecified atom stereocenters. The Kier molecular flexibility index (Phi) is 4.06. The number of nitrogens with zero attached hydrogens (tertiary/aromatic N) is 1. The van der Waals surface area contributed by atoms with E-state index in [0.717, 1.165) is 12.8 Å². The molecule has 0 N–H and O–H groups in total. The molecule has 1 aromatic carbocycles. The Hall–Kier alpha value is -1.20. The van der Waals surface area contributed by atoms with Crippen molar-refractivity contribution in [3.63, 3.8) is 0 Å². The number of rotatable bonds is 2. The zero-order valence-electron chi connectivity index (χ0n) is 11.7. The molecule has 1 fully saturated rings. The van der Waals surface area contributed by atoms with Crippen LogP contribution in [0.4, 0.5) is 0 Å². The molecule has 0 aliphatic heterocycles. The third kappa shape index (κ3) is 3.64. The minimum Gasteiger partial charge on any atom is -0.489 e. The third-order valence-corrected chi connectivity index (χ3v) is 3.94. The van der Waals surface area contributed by atoms with Crippen LogP contribution in [0.15, 0.2) is 18.2 Å². The van der Waals surface area contributed by atoms with Gasteiger partial charge in [0.2, 0.25) is 0 Å². The Morgan fingerprint density at radius 2 is 2.11 bits per heavy atom. The van der Waals surface area contributed by atoms with Crippen LogP contribution in [-0.4, -0.2) is 6.10 Å². The molecule has 2 rings (SSSR count). The van der Waals surface area contributed by atoms with Crippen molar-refractivity contribution < 1.29 is 4.74 Å². The summed E-state index contributed by atoms with van der Waals surface area (Å²) >= 11 is 5.90. The van der Waals surface area contributed by atoms with Crippen molar-refractivity contribution in [1.29, 1.82) is 5.26 Å². The highest BCUT2D eigenvalue weighted by molar-refractivity contribution is 6.30. The Morgan fingerprint density at radius 1 is 1.37 bits per heavy atom. The van der Waals surface area contributed by atoms with Crippen LogP contribution in [0.1, 0.15) is 45.6 Å². The van der Waals surface area contributed by atoms with Crippen molar-refractivity contribution in [2.75, 3.05) is 0 Å². The molecule has 0 amide bonds. The highest BCUT2D eigenvalue weighted by Crippen LogP contribution is 2.40. The second kappa shape index (κ2) is 5.43. The van der Waals surface area contributed by atoms with Crippen LogP contribution in [0, 0.1) is 22.7 Å². The molecule has 2 atom stereocenters. The summed E-state index contributed by atoms with van der Waals surface area (Å²) in [6, 6.07) is 7.38. The Morgan fingerprint density at radius 3 is 2.74 bits per heavy atom. The van der Waals surface area contributed by atoms with Gasteiger partial charge in [-0.05, 0) is 48.8 Å². The Labute approximate surface area is 120 Å². The van der Waals surface area contributed by atoms with Crippen LogP contribution in [0.5, 0.6) is 5.75 Å². The molecule has 0 saturated heterocycles. The SMILES string of the molecule is CC1CC(Oc2ccc(Cl)cc2C#N)CC(C)(C)C1. The standard InChI is InChI=1S/C16H20ClNO/c1-11-6-14(9-16(2,3)8-11)19-15-5-4-13(17)7-12(15)10-18/h4-5,7,11,14H,6,8-9H2,1-3H3. The average molecular weight is 278 g/mol. The highest BCUT2D eigenvalue weighted by Gasteiger charge is 2.33. The predicted octanol–water partition coefficient (Wildman–Crippen LogP) is 4.81. The second-order valence-electron chi connectivity index (χ2n) is 6.41. The smallest absolute Gasteiger partial charge is 0.137 e. The van der Waals surface area contributed by atoms with Gasteiger partial charge in [-0.15, -0.1) is 0 Å². The molecule has 0 heterocycles. The summed E-state index contributed by atoms with van der Waals surface area (Å²) in [6.07, 6.45) is 3.51. The maximum absolute atomic E-state index is 9.14. The fourth-order valence-electron chi connectivity index (χ4n) is 3.22. The molecule has 0 radical (unpaired) electrons. The van der Waals surface area contributed by atoms with Crippen molar-refractivity contribution in [2.24, 2.45) is 11.3 Å². The van der Waals surface area contributed by atoms with Crippen LogP contribution in [0.2, 0.25) is 5.02 Å². The van der Waals surface area contributed by atoms with Crippen LogP contribution < -0.4 is 4.74 Å². The topological polar surface area (TPSA) is 33.0 Å². The molecule has 1 saturated carbocycles. The summed E-state index contributed by atoms with van der Waals surface area (Å²) in [5, 5.41) is 9.71. The van der Waals surface area contributed by atoms with E-state index < -0.39 is 0 Å². The van der Waals surface area contributed by atoms with Gasteiger partial charge in [0.1, 0.15) is 11.8 Å². The number of hydrogen-bond acceptors (Lipinski definition) is 2. The van der Waals surface area contributed by atoms with Crippen LogP contribution in [0.25, 0.3) is 0 Å². The van der Waals surface area contributed by atoms with Crippen LogP contribution in [0.3, 0.4) is 0 Å². The molecule has 0 spiro atoms. The summed E-state index contributed by atoms with van der Waals surface area (Å²) in [5.41, 5.74) is 0.824. The summed E-state index contributed by atoms with van der Waals surface area (Å²) in [5.74, 6) is 1.31. The first kappa shape index (κ1) is 14.2. The summed E-state index contributed by atoms with van der Waals surface area (Å²) < 4.78 is 6.06. The van der Waals surface area contributed by atoms with Gasteiger partial charge in [-0.3, -0.25) is 0 Å². The van der Waals surface area contributed by atoms with E-state index in [0.29, 0.717) is 27.7 Å². The number of halogens is 1. The van der Waals surface area contributed by atoms with Gasteiger partial charge in [-0.2, -0.15) is 5.26 Å². The number of ether oxygens (including phenoxy) is 1. The van der Waals surface area contributed by atoms with Gasteiger partial charge in [-0.25, -0.2) is 0 Å². The normalized spacial score (nSPS) is 25.6. The molecular formula is C16H20ClNO. The first-order valence-corrected chi connectivity index (χ1v) is 7.14. The molecule has 19 heavy (non-hydrogen) atoms. The lowest BCUT2D eigenvalue weighted by atomic mass is 9.71. The third-order valence-electron chi connectivity index (χ3n) is 3.70. The summed E-state index contributed by atoms with van der Waals surface area (Å²) in [7, 11) is 0. The minimum absolute atomic E-state index is 0.187. The summed E-state index contributed by atoms with van der Waals surface area (Å²) in [4.78, 5) is 0. The quantitative estimate of drug-likeness (QED) is 0.777. The maximum atomic E-state index is 9.14. The van der Waals surface area contributed by atoms with Crippen molar-refractivity contribution in [3.05, 3.63) is 28.8 Å². The van der Waals surface area contributed by atoms with E-state index in [4.69, 9.17) is 21.6 Å². The predicted molar refractivity (Wildman–Crippen MR) is 77.4 cm³/mol. The molecule has 102 valence electrons. The molecule has 3 heteroatoms. The lowest BCUT2D eigenvalue weighted by Gasteiger charge is -2.38. The molecule has 2 nitrogen and oxygen atoms in total. The zero-order chi connectivity index (χ0) is 14.0. The second-order valence-corrected chi connectivity index (χ2v) is 6.84. The molecular weight excluding hydrogens is 258 g/mol. The van der Waals surface area contributed by atoms with E-state index in [1.54, 1.807) is 18.2 Å². The van der Waals surface area contributed by atoms with Crippen LogP contribution in [-0.2, 0) is 0 Å². The number of nitriles is 1. The van der Waals surface area contributed by atoms with E-state index in [9.17, 15) is 0 Å². The van der Waals surface area contributed by atoms with E-state index >= 15 is 0 Å². The van der Waals surface area contributed by atoms with E-state index in [2.05, 4.69) is 26.8 Å². The van der Waals surface area contributed by atoms with E-state index in [1.807, 2.05) is 0 Å². The highest BCUT2D eigenvalue weighted by atomic mass is 35.5. The monoisotopic (exact) mass is 277 g/mol. The van der Waals surface area contributed by atoms with Crippen molar-refractivity contribution in [2.45, 2.75) is 46.1 Å². The van der Waals surface area contributed by atoms with Gasteiger partial charge in [-0.1, -0.05) is 32.4 Å². The molecule has 1 aliphatic rings. The van der Waals surface area contributed by atoms with E-state index in [-0.39, 0.29) is 6.10 Å². The largest absolute Gasteiger partial charge is 0.489 e. The first-order valence-electron chi connectivity index (χ1n) is 6.76. The lowest BCUT2D eigenvalue weighted by molar-refractivity contribution is 0.0560. The van der Waals surface area contributed by atoms with Crippen molar-refractivity contribution in [3.8, 4) is 11.8 Å². The van der Waals surface area contributed by atoms with Crippen LogP contribution >= 0.6 is 11.6 Å². The molecule has 1 aliphatic carbocycles. The fraction of sp³-hybridized carbons (Fsp3) is 0.562. The average Bonchev–Trinajstić information content (AvgIpc) is 2.28. The van der Waals surface area contributed by atoms with E-state index in [1.165, 1.54) is 6.42 Å². The fourth-order valence-corrected chi connectivity index (χ4v) is 3.39. The molecule has 0 bridgehead atoms. The van der Waals surface area contributed by atoms with Crippen molar-refractivity contribution in [1.82, 2.24) is 0 Å². The Bertz CT molecular complexity index is 504. The number of benzene rings is 1. The lowest BCUT2D eigenvalue weighted by Crippen LogP contribution is -2.34. The Balaban J connectivity index is 2.15. The number of hydrogen-bond donors (Lipinski definition) is 0. The first-order chi connectivity index (χ1) is 8.89. The van der Waals surface area contributed by atoms with Gasteiger partial charge in [0.15, 0.2) is 0 Å². The molecule has 1 aromatic rings. The van der Waals surface area contributed by atoms with Gasteiger partial charge < -0.3 is 4.74 Å². The van der Waals surface area contributed by atoms with Gasteiger partial charge in [0.25, 0.3) is 0 Å². The zero-order valence-corrected chi connectivity index (χ0v) is 12.5. The summed E-state index contributed by atoms with van der Waals surface area (Å²) in [6.45, 7) is 6.84. The molecule has 0 aromatic heterocycles. The van der Waals surface area contributed by atoms with Gasteiger partial charge in [0, 0.05) is 5.02 Å². The minimum atomic E-state index is 0.187. The van der Waals surface area contributed by atoms with Gasteiger partial charge >= 0.3 is 0 Å². The maximum Gasteiger partial charge on any atom is 0.137 e. The van der Waals surface area contributed by atoms with Gasteiger partial charge in [0.05, 0.1) is 11.7 Å². The van der Waals surface area contributed by atoms with Crippen molar-refractivity contribution >= 4 is 11.6 Å².